The fourth-order valence-corrected chi connectivity index (χ4v) is 8.72. The summed E-state index contributed by atoms with van der Waals surface area (Å²) in [5, 5.41) is 42.7. The smallest absolute Gasteiger partial charge is 1.00 e. The van der Waals surface area contributed by atoms with E-state index < -0.39 is 11.9 Å². The van der Waals surface area contributed by atoms with Gasteiger partial charge in [-0.05, 0) is 168 Å². The van der Waals surface area contributed by atoms with Gasteiger partial charge in [-0.25, -0.2) is 9.59 Å². The molecule has 0 aromatic heterocycles. The molecule has 0 atom stereocenters. The number of esters is 2. The molecular formula is C58H94AlBr7Cl2LiN6O7PS3. The average Bonchev–Trinajstić information content (AvgIpc) is 4.15. The van der Waals surface area contributed by atoms with Gasteiger partial charge in [-0.2, -0.15) is 0 Å². The Morgan fingerprint density at radius 2 is 0.884 bits per heavy atom. The number of halogens is 9. The van der Waals surface area contributed by atoms with Crippen LogP contribution in [0.4, 0.5) is 0 Å². The Morgan fingerprint density at radius 1 is 0.593 bits per heavy atom. The van der Waals surface area contributed by atoms with Crippen LogP contribution in [-0.4, -0.2) is 85.2 Å². The summed E-state index contributed by atoms with van der Waals surface area (Å²) in [6, 6.07) is 24.2. The van der Waals surface area contributed by atoms with Crippen LogP contribution in [0.1, 0.15) is 181 Å². The quantitative estimate of drug-likeness (QED) is 0.0116. The number of amidine groups is 2. The first-order valence-electron chi connectivity index (χ1n) is 25.5. The molecule has 0 saturated carbocycles. The molecule has 6 rings (SSSR count). The van der Waals surface area contributed by atoms with Crippen LogP contribution in [0.2, 0.25) is 0 Å². The Labute approximate surface area is 625 Å². The van der Waals surface area contributed by atoms with Crippen molar-refractivity contribution >= 4 is 220 Å². The molecule has 2 heterocycles. The summed E-state index contributed by atoms with van der Waals surface area (Å²) >= 11 is 32.8. The second-order valence-corrected chi connectivity index (χ2v) is 41.4. The third-order valence-electron chi connectivity index (χ3n) is 11.0. The van der Waals surface area contributed by atoms with E-state index in [1.807, 2.05) is 24.3 Å². The number of rotatable bonds is 8. The number of hydrogen-bond donors (Lipinski definition) is 9. The Kier molecular flexibility index (Phi) is 62.9. The number of carbonyl (C=O) groups excluding carboxylic acids is 2. The molecule has 28 heteroatoms. The minimum Gasteiger partial charge on any atom is -1.00 e. The van der Waals surface area contributed by atoms with Gasteiger partial charge in [0, 0.05) is 42.0 Å². The van der Waals surface area contributed by atoms with Crippen LogP contribution in [0, 0.1) is 10.8 Å². The SMILES string of the molecule is Br.Br.BrP(Br)Br.C1CCOC1.CC(C)(C)c1ccc(CBr)c(CBr)c1.CC(C)(C)c1ccc(CO)c(CO)c1.CC(C)(C)c1ccc(CSC(=N)N)c(CSC(=N)N)c1.CC(C)(C)c1ccc2c(c1)C(=O)OC2=O.CCO.ClCCl.NC(N)=S.[AlH3].[H-].[Li+]. The van der Waals surface area contributed by atoms with Crippen LogP contribution in [0.15, 0.2) is 72.8 Å². The third-order valence-corrected chi connectivity index (χ3v) is 13.7. The van der Waals surface area contributed by atoms with Gasteiger partial charge in [0.2, 0.25) is 0 Å². The number of nitrogens with two attached hydrogens (primary N) is 4. The van der Waals surface area contributed by atoms with Gasteiger partial charge in [0.05, 0.1) is 29.7 Å². The number of fused-ring (bicyclic) bond motifs is 1. The van der Waals surface area contributed by atoms with Crippen LogP contribution in [0.5, 0.6) is 0 Å². The maximum absolute atomic E-state index is 11.3. The molecule has 2 aliphatic rings. The fraction of sp³-hybridized carbons (Fsp3) is 0.500. The molecule has 0 amide bonds. The van der Waals surface area contributed by atoms with Gasteiger partial charge in [0.1, 0.15) is 4.03 Å². The minimum absolute atomic E-state index is 0. The Hall–Kier alpha value is 0.690. The van der Waals surface area contributed by atoms with Crippen molar-refractivity contribution in [3.63, 3.8) is 0 Å². The Balaban J connectivity index is -0.000000143. The van der Waals surface area contributed by atoms with Crippen molar-refractivity contribution in [1.29, 1.82) is 10.8 Å². The summed E-state index contributed by atoms with van der Waals surface area (Å²) in [7, 11) is 0. The van der Waals surface area contributed by atoms with E-state index in [1.54, 1.807) is 19.1 Å². The molecule has 0 aliphatic carbocycles. The first-order chi connectivity index (χ1) is 37.9. The van der Waals surface area contributed by atoms with Crippen molar-refractivity contribution in [1.82, 2.24) is 0 Å². The van der Waals surface area contributed by atoms with Crippen molar-refractivity contribution in [2.75, 3.05) is 25.2 Å². The van der Waals surface area contributed by atoms with Gasteiger partial charge in [-0.1, -0.05) is 199 Å². The molecule has 0 radical (unpaired) electrons. The van der Waals surface area contributed by atoms with E-state index in [-0.39, 0.29) is 138 Å². The fourth-order valence-electron chi connectivity index (χ4n) is 6.48. The number of hydrogen-bond acceptors (Lipinski definition) is 12. The van der Waals surface area contributed by atoms with Gasteiger partial charge in [-0.3, -0.25) is 10.8 Å². The summed E-state index contributed by atoms with van der Waals surface area (Å²) in [6.45, 7) is 29.7. The van der Waals surface area contributed by atoms with E-state index in [9.17, 15) is 9.59 Å². The molecule has 2 aliphatic heterocycles. The second-order valence-electron chi connectivity index (χ2n) is 21.6. The predicted molar refractivity (Wildman–Crippen MR) is 410 cm³/mol. The molecule has 1 saturated heterocycles. The van der Waals surface area contributed by atoms with Crippen molar-refractivity contribution in [2.24, 2.45) is 22.9 Å². The number of ether oxygens (including phenoxy) is 2. The maximum atomic E-state index is 11.3. The van der Waals surface area contributed by atoms with Crippen molar-refractivity contribution in [3.8, 4) is 0 Å². The number of thiocarbonyl (C=S) groups is 1. The molecule has 488 valence electrons. The largest absolute Gasteiger partial charge is 1.00 e. The third kappa shape index (κ3) is 47.5. The van der Waals surface area contributed by atoms with Crippen LogP contribution >= 0.6 is 175 Å². The second kappa shape index (κ2) is 54.0. The van der Waals surface area contributed by atoms with E-state index in [1.165, 1.54) is 64.2 Å². The number of aliphatic hydroxyl groups excluding tert-OH is 3. The topological polar surface area (TPSA) is 265 Å². The molecule has 0 unspecified atom stereocenters. The van der Waals surface area contributed by atoms with Gasteiger partial charge in [0.15, 0.2) is 32.8 Å². The van der Waals surface area contributed by atoms with Gasteiger partial charge in [0.25, 0.3) is 0 Å². The van der Waals surface area contributed by atoms with E-state index >= 15 is 0 Å². The molecule has 13 nitrogen and oxygen atoms in total. The summed E-state index contributed by atoms with van der Waals surface area (Å²) in [4.78, 5) is 22.5. The zero-order chi connectivity index (χ0) is 64.2. The minimum atomic E-state index is -0.546. The van der Waals surface area contributed by atoms with Crippen molar-refractivity contribution in [2.45, 2.75) is 160 Å². The Bertz CT molecular complexity index is 2500. The van der Waals surface area contributed by atoms with Crippen molar-refractivity contribution in [3.05, 3.63) is 140 Å². The zero-order valence-electron chi connectivity index (χ0n) is 52.3. The zero-order valence-corrected chi connectivity index (χ0v) is 67.5. The number of carbonyl (C=O) groups is 2. The number of nitrogens with one attached hydrogen (secondary N) is 2. The Morgan fingerprint density at radius 3 is 1.20 bits per heavy atom. The van der Waals surface area contributed by atoms with Crippen molar-refractivity contribution < 1.29 is 54.7 Å². The molecular weight excluding hydrogens is 1680 g/mol. The predicted octanol–water partition coefficient (Wildman–Crippen LogP) is 14.2. The van der Waals surface area contributed by atoms with Crippen LogP contribution in [0.25, 0.3) is 0 Å². The first kappa shape index (κ1) is 100. The molecule has 86 heavy (non-hydrogen) atoms. The molecule has 0 spiro atoms. The van der Waals surface area contributed by atoms with Gasteiger partial charge >= 0.3 is 30.8 Å². The van der Waals surface area contributed by atoms with E-state index in [4.69, 9.17) is 65.5 Å². The maximum Gasteiger partial charge on any atom is 1.00 e. The average molecular weight is 1780 g/mol. The van der Waals surface area contributed by atoms with Gasteiger partial charge in [-0.15, -0.1) is 57.2 Å². The summed E-state index contributed by atoms with van der Waals surface area (Å²) < 4.78 is 9.28. The molecule has 1 fully saturated rings. The normalized spacial score (nSPS) is 11.6. The summed E-state index contributed by atoms with van der Waals surface area (Å²) in [5.41, 5.74) is 32.7. The van der Waals surface area contributed by atoms with E-state index in [0.29, 0.717) is 22.6 Å². The number of thioether (sulfide) groups is 2. The van der Waals surface area contributed by atoms with E-state index in [0.717, 1.165) is 51.7 Å². The monoisotopic (exact) mass is 1770 g/mol. The van der Waals surface area contributed by atoms with Crippen LogP contribution in [0.3, 0.4) is 0 Å². The van der Waals surface area contributed by atoms with Crippen LogP contribution < -0.4 is 41.8 Å². The molecule has 13 N–H and O–H groups in total. The molecule has 0 bridgehead atoms. The number of aliphatic hydroxyl groups is 3. The van der Waals surface area contributed by atoms with E-state index in [2.05, 4.69) is 226 Å². The molecule has 4 aromatic rings. The number of cyclic esters (lactones) is 2. The number of benzene rings is 4. The molecule has 4 aromatic carbocycles. The standard InChI is InChI=1S/C14H22N4S2.C12H16Br2.C12H12O3.C12H18O2.C4H8O.C2H6O.CH2Cl2.CH4N2S.Al.Br3P.2BrH.Li.4H/c1-14(2,3)11-5-4-9(7-19-12(15)16)10(6-11)8-20-13(17)18;1-12(2,3)11-5-4-9(7-13)10(6-11)8-14;1-12(2,3)7-4-5-8-9(6-7)11(14)15-10(8)13;1-12(2,3)11-5-4-9(7-13)10(6-11)8-14;1-2-4-5-3-1;1-2-3;2-1-3;2-1(3)4;;1-4(2)3;;;;;;;/h4-6H,7-8H2,1-3H3,(H3,15,16)(H3,17,18);4-6H,7-8H2,1-3H3;4-6H,1-3H3;4-6,13-14H,7-8H2,1-3H3;1-4H2;3H,2H2,1H3;1H2;(H4,2,3,4);;;2*1H;;;;;/q;;;;;;;;;;;;+1;;;;-1. The summed E-state index contributed by atoms with van der Waals surface area (Å²) in [6.07, 6.45) is 2.56. The van der Waals surface area contributed by atoms with Gasteiger partial charge < -0.3 is 49.2 Å². The summed E-state index contributed by atoms with van der Waals surface area (Å²) in [5.74, 6) is 0.261. The number of alkyl halides is 4. The first-order valence-corrected chi connectivity index (χ1v) is 38.6. The van der Waals surface area contributed by atoms with Crippen LogP contribution in [-0.2, 0) is 66.5 Å².